The number of nitrogens with one attached hydrogen (secondary N) is 1. The molecule has 0 amide bonds. The van der Waals surface area contributed by atoms with Crippen molar-refractivity contribution in [3.05, 3.63) is 34.9 Å². The van der Waals surface area contributed by atoms with Gasteiger partial charge in [-0.2, -0.15) is 0 Å². The molecular formula is C13H18FN. The fraction of sp³-hybridized carbons (Fsp3) is 0.538. The Morgan fingerprint density at radius 2 is 2.07 bits per heavy atom. The second-order valence-corrected chi connectivity index (χ2v) is 4.35. The van der Waals surface area contributed by atoms with E-state index < -0.39 is 0 Å². The van der Waals surface area contributed by atoms with Crippen molar-refractivity contribution in [2.24, 2.45) is 0 Å². The van der Waals surface area contributed by atoms with E-state index in [-0.39, 0.29) is 6.67 Å². The van der Waals surface area contributed by atoms with Crippen LogP contribution in [0.5, 0.6) is 0 Å². The molecule has 0 radical (unpaired) electrons. The van der Waals surface area contributed by atoms with E-state index in [1.807, 2.05) is 18.2 Å². The fourth-order valence-electron chi connectivity index (χ4n) is 2.35. The molecule has 2 heteroatoms. The van der Waals surface area contributed by atoms with Crippen LogP contribution in [-0.4, -0.2) is 13.1 Å². The topological polar surface area (TPSA) is 12.0 Å². The number of alkyl halides is 1. The molecule has 1 aliphatic heterocycles. The summed E-state index contributed by atoms with van der Waals surface area (Å²) in [5, 5.41) is 3.36. The molecule has 1 aromatic carbocycles. The maximum atomic E-state index is 12.6. The summed E-state index contributed by atoms with van der Waals surface area (Å²) >= 11 is 0. The van der Waals surface area contributed by atoms with Gasteiger partial charge in [0.15, 0.2) is 0 Å². The number of aryl methyl sites for hydroxylation is 1. The second kappa shape index (κ2) is 4.75. The quantitative estimate of drug-likeness (QED) is 0.786. The zero-order valence-electron chi connectivity index (χ0n) is 9.22. The molecule has 1 heterocycles. The van der Waals surface area contributed by atoms with Crippen LogP contribution in [0.4, 0.5) is 4.39 Å². The van der Waals surface area contributed by atoms with Gasteiger partial charge < -0.3 is 5.32 Å². The van der Waals surface area contributed by atoms with Crippen LogP contribution >= 0.6 is 0 Å². The molecule has 2 rings (SSSR count). The normalized spacial score (nSPS) is 18.0. The average Bonchev–Trinajstić information content (AvgIpc) is 2.31. The molecule has 1 aliphatic rings. The van der Waals surface area contributed by atoms with Crippen LogP contribution < -0.4 is 5.32 Å². The van der Waals surface area contributed by atoms with Crippen LogP contribution in [0, 0.1) is 6.92 Å². The second-order valence-electron chi connectivity index (χ2n) is 4.35. The van der Waals surface area contributed by atoms with E-state index >= 15 is 0 Å². The Morgan fingerprint density at radius 1 is 1.33 bits per heavy atom. The van der Waals surface area contributed by atoms with E-state index in [1.54, 1.807) is 0 Å². The van der Waals surface area contributed by atoms with Gasteiger partial charge in [0.2, 0.25) is 0 Å². The molecule has 1 fully saturated rings. The molecule has 82 valence electrons. The molecule has 0 bridgehead atoms. The van der Waals surface area contributed by atoms with E-state index in [0.717, 1.165) is 18.7 Å². The summed E-state index contributed by atoms with van der Waals surface area (Å²) < 4.78 is 12.6. The minimum atomic E-state index is -0.349. The highest BCUT2D eigenvalue weighted by molar-refractivity contribution is 5.34. The first kappa shape index (κ1) is 10.6. The highest BCUT2D eigenvalue weighted by Crippen LogP contribution is 2.28. The van der Waals surface area contributed by atoms with Gasteiger partial charge in [0, 0.05) is 0 Å². The summed E-state index contributed by atoms with van der Waals surface area (Å²) in [6, 6.07) is 5.98. The van der Waals surface area contributed by atoms with Crippen LogP contribution in [0.25, 0.3) is 0 Å². The van der Waals surface area contributed by atoms with Gasteiger partial charge in [-0.1, -0.05) is 18.2 Å². The Kier molecular flexibility index (Phi) is 3.37. The van der Waals surface area contributed by atoms with E-state index in [1.165, 1.54) is 24.0 Å². The Balaban J connectivity index is 2.24. The standard InChI is InChI=1S/C13H18FN/c1-10-2-3-11(9-14)8-13(10)12-4-6-15-7-5-12/h2-3,8,12,15H,4-7,9H2,1H3. The van der Waals surface area contributed by atoms with Crippen LogP contribution in [0.3, 0.4) is 0 Å². The summed E-state index contributed by atoms with van der Waals surface area (Å²) in [6.45, 7) is 3.95. The molecule has 0 aliphatic carbocycles. The van der Waals surface area contributed by atoms with Gasteiger partial charge in [-0.3, -0.25) is 0 Å². The number of piperidine rings is 1. The van der Waals surface area contributed by atoms with E-state index in [0.29, 0.717) is 5.92 Å². The molecular weight excluding hydrogens is 189 g/mol. The van der Waals surface area contributed by atoms with Crippen molar-refractivity contribution >= 4 is 0 Å². The summed E-state index contributed by atoms with van der Waals surface area (Å²) in [5.41, 5.74) is 3.47. The third-order valence-corrected chi connectivity index (χ3v) is 3.28. The molecule has 0 spiro atoms. The van der Waals surface area contributed by atoms with E-state index in [9.17, 15) is 4.39 Å². The lowest BCUT2D eigenvalue weighted by Crippen LogP contribution is -2.27. The van der Waals surface area contributed by atoms with Gasteiger partial charge in [-0.15, -0.1) is 0 Å². The van der Waals surface area contributed by atoms with Crippen molar-refractivity contribution in [3.63, 3.8) is 0 Å². The first-order valence-corrected chi connectivity index (χ1v) is 5.67. The van der Waals surface area contributed by atoms with Gasteiger partial charge in [0.05, 0.1) is 0 Å². The summed E-state index contributed by atoms with van der Waals surface area (Å²) in [7, 11) is 0. The zero-order valence-corrected chi connectivity index (χ0v) is 9.22. The molecule has 0 atom stereocenters. The highest BCUT2D eigenvalue weighted by Gasteiger charge is 2.17. The van der Waals surface area contributed by atoms with Gasteiger partial charge in [0.1, 0.15) is 6.67 Å². The fourth-order valence-corrected chi connectivity index (χ4v) is 2.35. The summed E-state index contributed by atoms with van der Waals surface area (Å²) in [6.07, 6.45) is 2.35. The van der Waals surface area contributed by atoms with Crippen LogP contribution in [0.15, 0.2) is 18.2 Å². The smallest absolute Gasteiger partial charge is 0.115 e. The van der Waals surface area contributed by atoms with Crippen molar-refractivity contribution < 1.29 is 4.39 Å². The Bertz CT molecular complexity index is 329. The Labute approximate surface area is 90.7 Å². The van der Waals surface area contributed by atoms with Crippen LogP contribution in [-0.2, 0) is 6.67 Å². The van der Waals surface area contributed by atoms with Gasteiger partial charge in [0.25, 0.3) is 0 Å². The maximum absolute atomic E-state index is 12.6. The minimum Gasteiger partial charge on any atom is -0.317 e. The Morgan fingerprint density at radius 3 is 2.73 bits per heavy atom. The summed E-state index contributed by atoms with van der Waals surface area (Å²) in [4.78, 5) is 0. The molecule has 1 aromatic rings. The van der Waals surface area contributed by atoms with Gasteiger partial charge >= 0.3 is 0 Å². The highest BCUT2D eigenvalue weighted by atomic mass is 19.1. The first-order valence-electron chi connectivity index (χ1n) is 5.67. The van der Waals surface area contributed by atoms with Gasteiger partial charge in [-0.25, -0.2) is 4.39 Å². The minimum absolute atomic E-state index is 0.349. The molecule has 1 nitrogen and oxygen atoms in total. The lowest BCUT2D eigenvalue weighted by atomic mass is 9.86. The van der Waals surface area contributed by atoms with Crippen LogP contribution in [0.1, 0.15) is 35.4 Å². The van der Waals surface area contributed by atoms with Crippen LogP contribution in [0.2, 0.25) is 0 Å². The third-order valence-electron chi connectivity index (χ3n) is 3.28. The number of rotatable bonds is 2. The number of halogens is 1. The third kappa shape index (κ3) is 2.37. The average molecular weight is 207 g/mol. The predicted molar refractivity (Wildman–Crippen MR) is 60.8 cm³/mol. The van der Waals surface area contributed by atoms with E-state index in [4.69, 9.17) is 0 Å². The molecule has 0 saturated carbocycles. The van der Waals surface area contributed by atoms with E-state index in [2.05, 4.69) is 12.2 Å². The molecule has 1 saturated heterocycles. The van der Waals surface area contributed by atoms with Crippen molar-refractivity contribution in [2.45, 2.75) is 32.4 Å². The lowest BCUT2D eigenvalue weighted by molar-refractivity contribution is 0.456. The first-order chi connectivity index (χ1) is 7.31. The summed E-state index contributed by atoms with van der Waals surface area (Å²) in [5.74, 6) is 0.623. The van der Waals surface area contributed by atoms with Crippen molar-refractivity contribution in [1.29, 1.82) is 0 Å². The molecule has 15 heavy (non-hydrogen) atoms. The number of benzene rings is 1. The molecule has 0 unspecified atom stereocenters. The molecule has 0 aromatic heterocycles. The largest absolute Gasteiger partial charge is 0.317 e. The monoisotopic (exact) mass is 207 g/mol. The maximum Gasteiger partial charge on any atom is 0.115 e. The lowest BCUT2D eigenvalue weighted by Gasteiger charge is -2.24. The van der Waals surface area contributed by atoms with Crippen molar-refractivity contribution in [2.75, 3.05) is 13.1 Å². The molecule has 1 N–H and O–H groups in total. The van der Waals surface area contributed by atoms with Crippen molar-refractivity contribution in [3.8, 4) is 0 Å². The SMILES string of the molecule is Cc1ccc(CF)cc1C1CCNCC1. The Hall–Kier alpha value is -0.890. The van der Waals surface area contributed by atoms with Gasteiger partial charge in [-0.05, 0) is 55.5 Å². The number of hydrogen-bond donors (Lipinski definition) is 1. The number of hydrogen-bond acceptors (Lipinski definition) is 1. The zero-order chi connectivity index (χ0) is 10.7. The van der Waals surface area contributed by atoms with Crippen molar-refractivity contribution in [1.82, 2.24) is 5.32 Å². The predicted octanol–water partition coefficient (Wildman–Crippen LogP) is 2.93.